The molecule has 0 bridgehead atoms. The fourth-order valence-corrected chi connectivity index (χ4v) is 3.31. The van der Waals surface area contributed by atoms with E-state index in [1.54, 1.807) is 0 Å². The first-order valence-corrected chi connectivity index (χ1v) is 9.09. The van der Waals surface area contributed by atoms with E-state index in [2.05, 4.69) is 10.3 Å². The van der Waals surface area contributed by atoms with Crippen LogP contribution in [0.15, 0.2) is 28.9 Å². The van der Waals surface area contributed by atoms with Crippen molar-refractivity contribution in [2.75, 3.05) is 7.11 Å². The van der Waals surface area contributed by atoms with Gasteiger partial charge in [-0.15, -0.1) is 0 Å². The summed E-state index contributed by atoms with van der Waals surface area (Å²) >= 11 is 6.09. The Kier molecular flexibility index (Phi) is 5.99. The molecule has 0 aliphatic heterocycles. The van der Waals surface area contributed by atoms with Crippen LogP contribution in [-0.2, 0) is 24.1 Å². The molecule has 2 aromatic heterocycles. The van der Waals surface area contributed by atoms with Crippen LogP contribution in [0, 0.1) is 5.82 Å². The van der Waals surface area contributed by atoms with Gasteiger partial charge < -0.3 is 14.4 Å². The van der Waals surface area contributed by atoms with Gasteiger partial charge in [-0.2, -0.15) is 18.3 Å². The fraction of sp³-hybridized carbons (Fsp3) is 0.333. The van der Waals surface area contributed by atoms with Gasteiger partial charge in [-0.25, -0.2) is 4.39 Å². The molecule has 0 aliphatic rings. The summed E-state index contributed by atoms with van der Waals surface area (Å²) in [5.74, 6) is -0.992. The SMILES string of the molecule is BC(C)(O)Cn1ncc(-c2onc(-c3c(F)cccc3Cl)c2COC)c1C(F)(F)F. The summed E-state index contributed by atoms with van der Waals surface area (Å²) in [6.45, 7) is 0.728. The van der Waals surface area contributed by atoms with Gasteiger partial charge in [-0.1, -0.05) is 22.8 Å². The van der Waals surface area contributed by atoms with Crippen LogP contribution in [0.2, 0.25) is 5.02 Å². The highest BCUT2D eigenvalue weighted by Crippen LogP contribution is 2.42. The maximum absolute atomic E-state index is 14.4. The molecular formula is C18H17BClF4N3O3. The van der Waals surface area contributed by atoms with E-state index >= 15 is 0 Å². The maximum Gasteiger partial charge on any atom is 0.433 e. The van der Waals surface area contributed by atoms with Crippen molar-refractivity contribution < 1.29 is 31.9 Å². The van der Waals surface area contributed by atoms with Crippen molar-refractivity contribution in [3.8, 4) is 22.6 Å². The summed E-state index contributed by atoms with van der Waals surface area (Å²) in [6.07, 6.45) is -3.86. The van der Waals surface area contributed by atoms with Gasteiger partial charge in [0.05, 0.1) is 41.1 Å². The average molecular weight is 446 g/mol. The van der Waals surface area contributed by atoms with Crippen LogP contribution >= 0.6 is 11.6 Å². The van der Waals surface area contributed by atoms with Crippen LogP contribution < -0.4 is 0 Å². The number of benzene rings is 1. The third kappa shape index (κ3) is 4.37. The summed E-state index contributed by atoms with van der Waals surface area (Å²) in [5.41, 5.74) is -3.10. The summed E-state index contributed by atoms with van der Waals surface area (Å²) < 4.78 is 66.9. The smallest absolute Gasteiger partial charge is 0.397 e. The standard InChI is InChI=1S/C18H17BClF4N3O3/c1-17(19,28)8-27-16(18(22,23)24)9(6-25-27)15-10(7-29-2)14(26-30-15)13-11(20)4-3-5-12(13)21/h3-6,28H,7-8,19H2,1-2H3. The van der Waals surface area contributed by atoms with E-state index in [9.17, 15) is 22.7 Å². The minimum Gasteiger partial charge on any atom is -0.397 e. The molecule has 0 saturated carbocycles. The topological polar surface area (TPSA) is 73.3 Å². The number of ether oxygens (including phenoxy) is 1. The number of hydrogen-bond donors (Lipinski definition) is 1. The molecule has 1 unspecified atom stereocenters. The second kappa shape index (κ2) is 8.05. The highest BCUT2D eigenvalue weighted by atomic mass is 35.5. The highest BCUT2D eigenvalue weighted by Gasteiger charge is 2.41. The van der Waals surface area contributed by atoms with Crippen molar-refractivity contribution in [2.24, 2.45) is 0 Å². The first kappa shape index (κ1) is 22.3. The molecule has 0 spiro atoms. The van der Waals surface area contributed by atoms with Gasteiger partial charge in [-0.3, -0.25) is 4.68 Å². The van der Waals surface area contributed by atoms with E-state index in [0.717, 1.165) is 12.3 Å². The Balaban J connectivity index is 2.24. The molecule has 1 N–H and O–H groups in total. The number of aliphatic hydroxyl groups is 1. The fourth-order valence-electron chi connectivity index (χ4n) is 3.06. The second-order valence-electron chi connectivity index (χ2n) is 7.24. The van der Waals surface area contributed by atoms with E-state index in [1.807, 2.05) is 0 Å². The lowest BCUT2D eigenvalue weighted by Gasteiger charge is -2.20. The highest BCUT2D eigenvalue weighted by molar-refractivity contribution is 6.33. The predicted molar refractivity (Wildman–Crippen MR) is 103 cm³/mol. The van der Waals surface area contributed by atoms with Gasteiger partial charge >= 0.3 is 6.18 Å². The number of nitrogens with zero attached hydrogens (tertiary/aromatic N) is 3. The van der Waals surface area contributed by atoms with E-state index < -0.39 is 35.3 Å². The summed E-state index contributed by atoms with van der Waals surface area (Å²) in [5, 5.41) is 17.5. The van der Waals surface area contributed by atoms with Crippen LogP contribution in [0.4, 0.5) is 17.6 Å². The zero-order valence-electron chi connectivity index (χ0n) is 16.2. The lowest BCUT2D eigenvalue weighted by Crippen LogP contribution is -2.33. The minimum atomic E-state index is -4.82. The van der Waals surface area contributed by atoms with Crippen molar-refractivity contribution in [2.45, 2.75) is 31.8 Å². The van der Waals surface area contributed by atoms with Crippen molar-refractivity contribution >= 4 is 19.4 Å². The number of rotatable bonds is 6. The normalized spacial score (nSPS) is 14.1. The Morgan fingerprint density at radius 2 is 2.03 bits per heavy atom. The van der Waals surface area contributed by atoms with Gasteiger partial charge in [0.2, 0.25) is 0 Å². The molecule has 0 saturated heterocycles. The van der Waals surface area contributed by atoms with Crippen LogP contribution in [0.3, 0.4) is 0 Å². The van der Waals surface area contributed by atoms with Crippen molar-refractivity contribution in [1.29, 1.82) is 0 Å². The molecule has 3 aromatic rings. The van der Waals surface area contributed by atoms with E-state index in [4.69, 9.17) is 20.9 Å². The van der Waals surface area contributed by atoms with E-state index in [1.165, 1.54) is 34.0 Å². The van der Waals surface area contributed by atoms with Gasteiger partial charge in [-0.05, 0) is 19.1 Å². The first-order chi connectivity index (χ1) is 13.9. The molecule has 2 heterocycles. The van der Waals surface area contributed by atoms with Crippen molar-refractivity contribution in [3.63, 3.8) is 0 Å². The van der Waals surface area contributed by atoms with E-state index in [-0.39, 0.29) is 34.2 Å². The third-order valence-electron chi connectivity index (χ3n) is 4.17. The van der Waals surface area contributed by atoms with Crippen molar-refractivity contribution in [3.05, 3.63) is 46.5 Å². The largest absolute Gasteiger partial charge is 0.433 e. The number of alkyl halides is 3. The van der Waals surface area contributed by atoms with Crippen LogP contribution in [0.25, 0.3) is 22.6 Å². The zero-order chi connectivity index (χ0) is 22.3. The molecule has 1 aromatic carbocycles. The summed E-state index contributed by atoms with van der Waals surface area (Å²) in [4.78, 5) is 0. The minimum absolute atomic E-state index is 0.0148. The molecule has 6 nitrogen and oxygen atoms in total. The maximum atomic E-state index is 14.4. The quantitative estimate of drug-likeness (QED) is 0.464. The second-order valence-corrected chi connectivity index (χ2v) is 7.65. The van der Waals surface area contributed by atoms with Gasteiger partial charge in [0.1, 0.15) is 19.4 Å². The van der Waals surface area contributed by atoms with E-state index in [0.29, 0.717) is 4.68 Å². The molecule has 0 aliphatic carbocycles. The number of methoxy groups -OCH3 is 1. The molecule has 30 heavy (non-hydrogen) atoms. The lowest BCUT2D eigenvalue weighted by molar-refractivity contribution is -0.144. The summed E-state index contributed by atoms with van der Waals surface area (Å²) in [7, 11) is 2.68. The number of hydrogen-bond acceptors (Lipinski definition) is 5. The Morgan fingerprint density at radius 1 is 1.33 bits per heavy atom. The Labute approximate surface area is 174 Å². The van der Waals surface area contributed by atoms with Gasteiger partial charge in [0.25, 0.3) is 0 Å². The third-order valence-corrected chi connectivity index (χ3v) is 4.48. The zero-order valence-corrected chi connectivity index (χ0v) is 17.0. The van der Waals surface area contributed by atoms with Crippen LogP contribution in [-0.4, -0.2) is 40.5 Å². The number of halogens is 5. The lowest BCUT2D eigenvalue weighted by atomic mass is 9.84. The molecule has 1 atom stereocenters. The number of aromatic nitrogens is 3. The molecular weight excluding hydrogens is 428 g/mol. The average Bonchev–Trinajstić information content (AvgIpc) is 3.18. The Hall–Kier alpha value is -2.37. The Bertz CT molecular complexity index is 1040. The van der Waals surface area contributed by atoms with Gasteiger partial charge in [0.15, 0.2) is 11.5 Å². The molecule has 160 valence electrons. The Morgan fingerprint density at radius 3 is 2.60 bits per heavy atom. The van der Waals surface area contributed by atoms with Crippen LogP contribution in [0.5, 0.6) is 0 Å². The first-order valence-electron chi connectivity index (χ1n) is 8.71. The molecule has 3 rings (SSSR count). The van der Waals surface area contributed by atoms with Gasteiger partial charge in [0, 0.05) is 12.6 Å². The summed E-state index contributed by atoms with van der Waals surface area (Å²) in [6, 6.07) is 3.96. The predicted octanol–water partition coefficient (Wildman–Crippen LogP) is 3.50. The van der Waals surface area contributed by atoms with Crippen molar-refractivity contribution in [1.82, 2.24) is 14.9 Å². The molecule has 0 amide bonds. The van der Waals surface area contributed by atoms with Crippen LogP contribution in [0.1, 0.15) is 18.2 Å². The monoisotopic (exact) mass is 445 g/mol. The molecule has 12 heteroatoms. The molecule has 0 fully saturated rings. The molecule has 0 radical (unpaired) electrons.